The fourth-order valence-electron chi connectivity index (χ4n) is 2.72. The van der Waals surface area contributed by atoms with Crippen LogP contribution < -0.4 is 10.2 Å². The van der Waals surface area contributed by atoms with Crippen LogP contribution >= 0.6 is 0 Å². The lowest BCUT2D eigenvalue weighted by atomic mass is 10.2. The number of hydrogen-bond donors (Lipinski definition) is 1. The van der Waals surface area contributed by atoms with E-state index in [1.165, 1.54) is 12.1 Å². The second-order valence-electron chi connectivity index (χ2n) is 5.95. The summed E-state index contributed by atoms with van der Waals surface area (Å²) in [4.78, 5) is 8.49. The van der Waals surface area contributed by atoms with Gasteiger partial charge < -0.3 is 19.9 Å². The molecule has 0 amide bonds. The number of alkyl halides is 3. The minimum atomic E-state index is -4.28. The van der Waals surface area contributed by atoms with Crippen LogP contribution in [0, 0.1) is 5.82 Å². The zero-order chi connectivity index (χ0) is 19.0. The Labute approximate surface area is 150 Å². The molecule has 0 aromatic heterocycles. The van der Waals surface area contributed by atoms with Gasteiger partial charge in [-0.15, -0.1) is 0 Å². The van der Waals surface area contributed by atoms with E-state index in [2.05, 4.69) is 24.8 Å². The third-order valence-electron chi connectivity index (χ3n) is 4.00. The number of ether oxygens (including phenoxy) is 1. The molecule has 146 valence electrons. The molecule has 1 aromatic rings. The van der Waals surface area contributed by atoms with E-state index in [4.69, 9.17) is 0 Å². The second-order valence-corrected chi connectivity index (χ2v) is 5.95. The SMILES string of the molecule is CN=C(NCCCOCC(F)(F)F)N1CCN(c2ccc(F)cc2)CC1. The number of aliphatic imine (C=N–C) groups is 1. The summed E-state index contributed by atoms with van der Waals surface area (Å²) >= 11 is 0. The van der Waals surface area contributed by atoms with Gasteiger partial charge >= 0.3 is 6.18 Å². The fraction of sp³-hybridized carbons (Fsp3) is 0.588. The molecule has 0 aliphatic carbocycles. The molecule has 0 unspecified atom stereocenters. The number of benzene rings is 1. The molecule has 1 heterocycles. The quantitative estimate of drug-likeness (QED) is 0.358. The van der Waals surface area contributed by atoms with Crippen molar-refractivity contribution in [1.82, 2.24) is 10.2 Å². The molecule has 5 nitrogen and oxygen atoms in total. The Morgan fingerprint density at radius 1 is 1.15 bits per heavy atom. The van der Waals surface area contributed by atoms with E-state index >= 15 is 0 Å². The van der Waals surface area contributed by atoms with Crippen molar-refractivity contribution in [3.63, 3.8) is 0 Å². The van der Waals surface area contributed by atoms with Gasteiger partial charge in [-0.2, -0.15) is 13.2 Å². The third kappa shape index (κ3) is 6.70. The number of rotatable bonds is 6. The van der Waals surface area contributed by atoms with Crippen LogP contribution in [0.3, 0.4) is 0 Å². The zero-order valence-electron chi connectivity index (χ0n) is 14.7. The Balaban J connectivity index is 1.69. The summed E-state index contributed by atoms with van der Waals surface area (Å²) in [6, 6.07) is 6.42. The first-order valence-corrected chi connectivity index (χ1v) is 8.49. The number of anilines is 1. The van der Waals surface area contributed by atoms with Crippen molar-refractivity contribution in [2.45, 2.75) is 12.6 Å². The molecular weight excluding hydrogens is 352 g/mol. The Hall–Kier alpha value is -2.03. The Morgan fingerprint density at radius 2 is 1.81 bits per heavy atom. The van der Waals surface area contributed by atoms with Crippen LogP contribution in [0.5, 0.6) is 0 Å². The molecule has 1 fully saturated rings. The number of nitrogens with zero attached hydrogens (tertiary/aromatic N) is 3. The molecule has 1 aliphatic rings. The normalized spacial score (nSPS) is 16.1. The molecule has 1 aliphatic heterocycles. The van der Waals surface area contributed by atoms with Crippen LogP contribution in [0.25, 0.3) is 0 Å². The number of nitrogens with one attached hydrogen (secondary N) is 1. The monoisotopic (exact) mass is 376 g/mol. The third-order valence-corrected chi connectivity index (χ3v) is 4.00. The van der Waals surface area contributed by atoms with Gasteiger partial charge in [-0.3, -0.25) is 4.99 Å². The number of piperazine rings is 1. The topological polar surface area (TPSA) is 40.1 Å². The Kier molecular flexibility index (Phi) is 7.50. The van der Waals surface area contributed by atoms with Gasteiger partial charge in [0, 0.05) is 52.1 Å². The number of hydrogen-bond acceptors (Lipinski definition) is 3. The van der Waals surface area contributed by atoms with Crippen LogP contribution in [0.2, 0.25) is 0 Å². The molecule has 9 heteroatoms. The van der Waals surface area contributed by atoms with Crippen molar-refractivity contribution in [1.29, 1.82) is 0 Å². The minimum Gasteiger partial charge on any atom is -0.372 e. The van der Waals surface area contributed by atoms with E-state index in [1.54, 1.807) is 19.2 Å². The van der Waals surface area contributed by atoms with Gasteiger partial charge in [0.2, 0.25) is 0 Å². The molecule has 2 rings (SSSR count). The van der Waals surface area contributed by atoms with Crippen LogP contribution in [-0.2, 0) is 4.74 Å². The highest BCUT2D eigenvalue weighted by atomic mass is 19.4. The summed E-state index contributed by atoms with van der Waals surface area (Å²) in [5.74, 6) is 0.468. The van der Waals surface area contributed by atoms with Gasteiger partial charge in [0.1, 0.15) is 12.4 Å². The maximum absolute atomic E-state index is 13.0. The molecule has 1 N–H and O–H groups in total. The van der Waals surface area contributed by atoms with Crippen LogP contribution in [0.1, 0.15) is 6.42 Å². The van der Waals surface area contributed by atoms with Crippen LogP contribution in [0.15, 0.2) is 29.3 Å². The van der Waals surface area contributed by atoms with Crippen molar-refractivity contribution >= 4 is 11.6 Å². The lowest BCUT2D eigenvalue weighted by Gasteiger charge is -2.37. The van der Waals surface area contributed by atoms with E-state index in [0.29, 0.717) is 13.0 Å². The van der Waals surface area contributed by atoms with Gasteiger partial charge in [-0.25, -0.2) is 4.39 Å². The Morgan fingerprint density at radius 3 is 2.38 bits per heavy atom. The summed E-state index contributed by atoms with van der Waals surface area (Å²) in [6.07, 6.45) is -3.82. The molecular formula is C17H24F4N4O. The second kappa shape index (κ2) is 9.61. The van der Waals surface area contributed by atoms with Gasteiger partial charge in [-0.05, 0) is 30.7 Å². The predicted octanol–water partition coefficient (Wildman–Crippen LogP) is 2.49. The molecule has 0 bridgehead atoms. The standard InChI is InChI=1S/C17H24F4N4O/c1-22-16(23-7-2-12-26-13-17(19,20)21)25-10-8-24(9-11-25)15-5-3-14(18)4-6-15/h3-6H,2,7-13H2,1H3,(H,22,23). The van der Waals surface area contributed by atoms with Crippen LogP contribution in [-0.4, -0.2) is 70.0 Å². The fourth-order valence-corrected chi connectivity index (χ4v) is 2.72. The summed E-state index contributed by atoms with van der Waals surface area (Å²) in [5.41, 5.74) is 0.982. The lowest BCUT2D eigenvalue weighted by molar-refractivity contribution is -0.173. The summed E-state index contributed by atoms with van der Waals surface area (Å²) in [5, 5.41) is 3.15. The highest BCUT2D eigenvalue weighted by Gasteiger charge is 2.27. The van der Waals surface area contributed by atoms with E-state index < -0.39 is 12.8 Å². The molecule has 0 atom stereocenters. The Bertz CT molecular complexity index is 569. The molecule has 1 saturated heterocycles. The maximum atomic E-state index is 13.0. The van der Waals surface area contributed by atoms with Crippen molar-refractivity contribution in [3.05, 3.63) is 30.1 Å². The van der Waals surface area contributed by atoms with E-state index in [0.717, 1.165) is 37.8 Å². The average Bonchev–Trinajstić information content (AvgIpc) is 2.61. The minimum absolute atomic E-state index is 0.0435. The molecule has 0 radical (unpaired) electrons. The summed E-state index contributed by atoms with van der Waals surface area (Å²) in [6.45, 7) is 2.38. The van der Waals surface area contributed by atoms with Crippen molar-refractivity contribution < 1.29 is 22.3 Å². The lowest BCUT2D eigenvalue weighted by Crippen LogP contribution is -2.52. The summed E-state index contributed by atoms with van der Waals surface area (Å²) < 4.78 is 53.5. The van der Waals surface area contributed by atoms with Gasteiger partial charge in [0.05, 0.1) is 0 Å². The van der Waals surface area contributed by atoms with Gasteiger partial charge in [-0.1, -0.05) is 0 Å². The first-order chi connectivity index (χ1) is 12.4. The highest BCUT2D eigenvalue weighted by molar-refractivity contribution is 5.80. The molecule has 1 aromatic carbocycles. The highest BCUT2D eigenvalue weighted by Crippen LogP contribution is 2.17. The van der Waals surface area contributed by atoms with Gasteiger partial charge in [0.15, 0.2) is 5.96 Å². The maximum Gasteiger partial charge on any atom is 0.411 e. The zero-order valence-corrected chi connectivity index (χ0v) is 14.7. The molecule has 0 saturated carbocycles. The van der Waals surface area contributed by atoms with Gasteiger partial charge in [0.25, 0.3) is 0 Å². The summed E-state index contributed by atoms with van der Waals surface area (Å²) in [7, 11) is 1.68. The van der Waals surface area contributed by atoms with Crippen molar-refractivity contribution in [2.75, 3.05) is 57.9 Å². The number of halogens is 4. The van der Waals surface area contributed by atoms with Crippen molar-refractivity contribution in [3.8, 4) is 0 Å². The molecule has 26 heavy (non-hydrogen) atoms. The first-order valence-electron chi connectivity index (χ1n) is 8.49. The smallest absolute Gasteiger partial charge is 0.372 e. The van der Waals surface area contributed by atoms with E-state index in [9.17, 15) is 17.6 Å². The first kappa shape index (κ1) is 20.3. The number of guanidine groups is 1. The average molecular weight is 376 g/mol. The van der Waals surface area contributed by atoms with E-state index in [-0.39, 0.29) is 12.4 Å². The van der Waals surface area contributed by atoms with Crippen molar-refractivity contribution in [2.24, 2.45) is 4.99 Å². The van der Waals surface area contributed by atoms with E-state index in [1.807, 2.05) is 0 Å². The van der Waals surface area contributed by atoms with Crippen LogP contribution in [0.4, 0.5) is 23.2 Å². The predicted molar refractivity (Wildman–Crippen MR) is 93.0 cm³/mol. The molecule has 0 spiro atoms. The largest absolute Gasteiger partial charge is 0.411 e.